The van der Waals surface area contributed by atoms with Crippen molar-refractivity contribution >= 4 is 40.6 Å². The van der Waals surface area contributed by atoms with Gasteiger partial charge in [0.25, 0.3) is 0 Å². The van der Waals surface area contributed by atoms with Crippen LogP contribution < -0.4 is 16.0 Å². The largest absolute Gasteiger partial charge is 0.416 e. The average Bonchev–Trinajstić information content (AvgIpc) is 3.31. The molecule has 1 aromatic heterocycles. The van der Waals surface area contributed by atoms with E-state index in [2.05, 4.69) is 20.9 Å². The van der Waals surface area contributed by atoms with E-state index in [1.807, 2.05) is 24.3 Å². The summed E-state index contributed by atoms with van der Waals surface area (Å²) in [6.07, 6.45) is -2.36. The predicted octanol–water partition coefficient (Wildman–Crippen LogP) is 3.03. The molecule has 3 rings (SSSR count). The third kappa shape index (κ3) is 8.25. The number of hydrogen-bond donors (Lipinski definition) is 5. The van der Waals surface area contributed by atoms with Gasteiger partial charge in [-0.15, -0.1) is 0 Å². The molecule has 0 bridgehead atoms. The van der Waals surface area contributed by atoms with E-state index in [1.165, 1.54) is 19.1 Å². The Morgan fingerprint density at radius 1 is 0.974 bits per heavy atom. The van der Waals surface area contributed by atoms with Crippen LogP contribution in [0.5, 0.6) is 0 Å². The Morgan fingerprint density at radius 2 is 1.67 bits per heavy atom. The lowest BCUT2D eigenvalue weighted by molar-refractivity contribution is -0.137. The zero-order chi connectivity index (χ0) is 28.6. The second-order valence-electron chi connectivity index (χ2n) is 8.94. The number of amides is 3. The van der Waals surface area contributed by atoms with Crippen LogP contribution in [0.1, 0.15) is 36.5 Å². The van der Waals surface area contributed by atoms with Crippen LogP contribution in [0, 0.1) is 5.41 Å². The SMILES string of the molecule is CC(=O)N[C@@H](Cc1c[nH]c2ccccc12)C(=O)N[C@@H](CCC(=O)C=N)C(=O)NCc1ccc(C(F)(F)F)cc1. The van der Waals surface area contributed by atoms with E-state index in [-0.39, 0.29) is 25.8 Å². The van der Waals surface area contributed by atoms with Gasteiger partial charge in [0.2, 0.25) is 17.7 Å². The summed E-state index contributed by atoms with van der Waals surface area (Å²) >= 11 is 0. The zero-order valence-electron chi connectivity index (χ0n) is 21.0. The van der Waals surface area contributed by atoms with Gasteiger partial charge in [0.15, 0.2) is 5.78 Å². The first-order valence-electron chi connectivity index (χ1n) is 12.1. The molecule has 0 saturated carbocycles. The van der Waals surface area contributed by atoms with Crippen molar-refractivity contribution in [3.8, 4) is 0 Å². The molecule has 0 saturated heterocycles. The number of aromatic nitrogens is 1. The molecule has 0 aliphatic carbocycles. The normalized spacial score (nSPS) is 12.8. The molecule has 2 atom stereocenters. The first kappa shape index (κ1) is 29.1. The van der Waals surface area contributed by atoms with Crippen molar-refractivity contribution in [1.82, 2.24) is 20.9 Å². The smallest absolute Gasteiger partial charge is 0.361 e. The lowest BCUT2D eigenvalue weighted by Gasteiger charge is -2.23. The zero-order valence-corrected chi connectivity index (χ0v) is 21.0. The highest BCUT2D eigenvalue weighted by atomic mass is 19.4. The molecule has 2 aromatic carbocycles. The number of hydrogen-bond acceptors (Lipinski definition) is 5. The number of halogens is 3. The van der Waals surface area contributed by atoms with Crippen molar-refractivity contribution in [1.29, 1.82) is 5.41 Å². The van der Waals surface area contributed by atoms with Crippen LogP contribution in [-0.4, -0.2) is 46.8 Å². The summed E-state index contributed by atoms with van der Waals surface area (Å²) in [5.41, 5.74) is 1.18. The fraction of sp³-hybridized carbons (Fsp3) is 0.296. The fourth-order valence-corrected chi connectivity index (χ4v) is 4.00. The minimum atomic E-state index is -4.49. The van der Waals surface area contributed by atoms with Crippen LogP contribution in [0.4, 0.5) is 13.2 Å². The van der Waals surface area contributed by atoms with E-state index in [4.69, 9.17) is 5.41 Å². The van der Waals surface area contributed by atoms with Crippen molar-refractivity contribution in [2.45, 2.75) is 51.0 Å². The molecular formula is C27H28F3N5O4. The van der Waals surface area contributed by atoms with E-state index >= 15 is 0 Å². The van der Waals surface area contributed by atoms with Gasteiger partial charge >= 0.3 is 6.18 Å². The molecule has 1 heterocycles. The Kier molecular flexibility index (Phi) is 9.58. The molecule has 39 heavy (non-hydrogen) atoms. The predicted molar refractivity (Wildman–Crippen MR) is 138 cm³/mol. The van der Waals surface area contributed by atoms with Crippen molar-refractivity contribution in [2.75, 3.05) is 0 Å². The summed E-state index contributed by atoms with van der Waals surface area (Å²) in [5, 5.41) is 15.7. The standard InChI is InChI=1S/C27H28F3N5O4/c1-16(36)34-24(12-18-15-32-22-5-3-2-4-21(18)22)26(39)35-23(11-10-20(37)13-31)25(38)33-14-17-6-8-19(9-7-17)27(28,29)30/h2-9,13,15,23-24,31-32H,10-12,14H2,1H3,(H,33,38)(H,34,36)(H,35,39)/t23-,24-/m0/s1. The maximum absolute atomic E-state index is 13.2. The topological polar surface area (TPSA) is 144 Å². The summed E-state index contributed by atoms with van der Waals surface area (Å²) < 4.78 is 38.4. The Labute approximate surface area is 222 Å². The van der Waals surface area contributed by atoms with Gasteiger partial charge in [-0.2, -0.15) is 13.2 Å². The molecule has 5 N–H and O–H groups in total. The Balaban J connectivity index is 1.73. The Hall–Kier alpha value is -4.48. The van der Waals surface area contributed by atoms with E-state index in [1.54, 1.807) is 6.20 Å². The Bertz CT molecular complexity index is 1350. The number of Topliss-reactive ketones (excluding diaryl/α,β-unsaturated/α-hetero) is 1. The summed E-state index contributed by atoms with van der Waals surface area (Å²) in [6.45, 7) is 1.14. The quantitative estimate of drug-likeness (QED) is 0.224. The van der Waals surface area contributed by atoms with Crippen LogP contribution in [-0.2, 0) is 38.3 Å². The van der Waals surface area contributed by atoms with E-state index in [0.717, 1.165) is 28.6 Å². The van der Waals surface area contributed by atoms with Crippen molar-refractivity contribution in [2.24, 2.45) is 0 Å². The number of carbonyl (C=O) groups excluding carboxylic acids is 4. The van der Waals surface area contributed by atoms with Gasteiger partial charge in [-0.1, -0.05) is 30.3 Å². The molecule has 9 nitrogen and oxygen atoms in total. The molecule has 0 unspecified atom stereocenters. The molecule has 206 valence electrons. The van der Waals surface area contributed by atoms with Gasteiger partial charge in [0, 0.05) is 43.4 Å². The number of nitrogens with one attached hydrogen (secondary N) is 5. The highest BCUT2D eigenvalue weighted by Gasteiger charge is 2.30. The summed E-state index contributed by atoms with van der Waals surface area (Å²) in [5.74, 6) is -2.35. The minimum Gasteiger partial charge on any atom is -0.361 e. The second kappa shape index (κ2) is 12.9. The number of fused-ring (bicyclic) bond motifs is 1. The summed E-state index contributed by atoms with van der Waals surface area (Å²) in [7, 11) is 0. The summed E-state index contributed by atoms with van der Waals surface area (Å²) in [4.78, 5) is 52.8. The number of carbonyl (C=O) groups is 4. The van der Waals surface area contributed by atoms with Crippen LogP contribution in [0.15, 0.2) is 54.7 Å². The summed E-state index contributed by atoms with van der Waals surface area (Å²) in [6, 6.07) is 9.42. The molecule has 3 aromatic rings. The molecule has 0 aliphatic rings. The third-order valence-corrected chi connectivity index (χ3v) is 6.01. The molecule has 0 fully saturated rings. The maximum atomic E-state index is 13.2. The highest BCUT2D eigenvalue weighted by molar-refractivity contribution is 6.26. The van der Waals surface area contributed by atoms with E-state index in [0.29, 0.717) is 11.8 Å². The highest BCUT2D eigenvalue weighted by Crippen LogP contribution is 2.29. The number of alkyl halides is 3. The first-order chi connectivity index (χ1) is 18.5. The van der Waals surface area contributed by atoms with Gasteiger partial charge < -0.3 is 26.3 Å². The molecule has 3 amide bonds. The first-order valence-corrected chi connectivity index (χ1v) is 12.1. The minimum absolute atomic E-state index is 0.119. The van der Waals surface area contributed by atoms with Crippen LogP contribution in [0.25, 0.3) is 10.9 Å². The number of ketones is 1. The number of benzene rings is 2. The lowest BCUT2D eigenvalue weighted by Crippen LogP contribution is -2.54. The molecule has 0 spiro atoms. The monoisotopic (exact) mass is 543 g/mol. The van der Waals surface area contributed by atoms with Gasteiger partial charge in [-0.3, -0.25) is 19.2 Å². The molecule has 0 radical (unpaired) electrons. The average molecular weight is 544 g/mol. The van der Waals surface area contributed by atoms with Crippen LogP contribution in [0.2, 0.25) is 0 Å². The van der Waals surface area contributed by atoms with Gasteiger partial charge in [0.05, 0.1) is 11.8 Å². The van der Waals surface area contributed by atoms with Crippen LogP contribution >= 0.6 is 0 Å². The third-order valence-electron chi connectivity index (χ3n) is 6.01. The number of rotatable bonds is 12. The molecular weight excluding hydrogens is 515 g/mol. The molecule has 0 aliphatic heterocycles. The maximum Gasteiger partial charge on any atom is 0.416 e. The van der Waals surface area contributed by atoms with Crippen molar-refractivity contribution in [3.63, 3.8) is 0 Å². The van der Waals surface area contributed by atoms with Gasteiger partial charge in [-0.25, -0.2) is 0 Å². The van der Waals surface area contributed by atoms with E-state index in [9.17, 15) is 32.3 Å². The number of H-pyrrole nitrogens is 1. The Morgan fingerprint density at radius 3 is 2.31 bits per heavy atom. The fourth-order valence-electron chi connectivity index (χ4n) is 4.00. The lowest BCUT2D eigenvalue weighted by atomic mass is 10.0. The van der Waals surface area contributed by atoms with Crippen molar-refractivity contribution < 1.29 is 32.3 Å². The number of para-hydroxylation sites is 1. The van der Waals surface area contributed by atoms with Crippen LogP contribution in [0.3, 0.4) is 0 Å². The van der Waals surface area contributed by atoms with E-state index < -0.39 is 47.3 Å². The van der Waals surface area contributed by atoms with Gasteiger partial charge in [0.1, 0.15) is 12.1 Å². The van der Waals surface area contributed by atoms with Gasteiger partial charge in [-0.05, 0) is 35.7 Å². The second-order valence-corrected chi connectivity index (χ2v) is 8.94. The molecule has 12 heteroatoms. The van der Waals surface area contributed by atoms with Crippen molar-refractivity contribution in [3.05, 3.63) is 71.4 Å². The number of aromatic amines is 1.